The Balaban J connectivity index is 2.22. The Bertz CT molecular complexity index is 682. The Hall–Kier alpha value is -2.35. The van der Waals surface area contributed by atoms with Gasteiger partial charge in [0.2, 0.25) is 0 Å². The number of hydrogen-bond donors (Lipinski definition) is 0. The van der Waals surface area contributed by atoms with Gasteiger partial charge in [-0.05, 0) is 37.1 Å². The van der Waals surface area contributed by atoms with Crippen molar-refractivity contribution < 1.29 is 9.53 Å². The summed E-state index contributed by atoms with van der Waals surface area (Å²) in [6.07, 6.45) is 2.05. The Morgan fingerprint density at radius 2 is 1.55 bits per heavy atom. The number of ether oxygens (including phenoxy) is 1. The fourth-order valence-corrected chi connectivity index (χ4v) is 2.53. The van der Waals surface area contributed by atoms with Crippen molar-refractivity contribution in [3.63, 3.8) is 0 Å². The first-order valence-corrected chi connectivity index (χ1v) is 6.68. The molecule has 0 unspecified atom stereocenters. The summed E-state index contributed by atoms with van der Waals surface area (Å²) in [5, 5.41) is 0. The van der Waals surface area contributed by atoms with E-state index in [0.717, 1.165) is 16.7 Å². The van der Waals surface area contributed by atoms with Crippen LogP contribution in [0.25, 0.3) is 11.6 Å². The smallest absolute Gasteiger partial charge is 0.339 e. The molecule has 0 saturated heterocycles. The van der Waals surface area contributed by atoms with E-state index in [2.05, 4.69) is 6.08 Å². The number of esters is 1. The van der Waals surface area contributed by atoms with Crippen LogP contribution in [-0.4, -0.2) is 11.6 Å². The van der Waals surface area contributed by atoms with Gasteiger partial charge in [-0.15, -0.1) is 0 Å². The van der Waals surface area contributed by atoms with Gasteiger partial charge in [0, 0.05) is 5.57 Å². The number of carbonyl (C=O) groups is 1. The number of benzene rings is 2. The quantitative estimate of drug-likeness (QED) is 0.722. The van der Waals surface area contributed by atoms with Crippen LogP contribution in [0, 0.1) is 0 Å². The lowest BCUT2D eigenvalue weighted by Gasteiger charge is -2.27. The topological polar surface area (TPSA) is 26.3 Å². The SMILES string of the molecule is CC1(C)OC(=O)c2ccccc2C=C1c1ccccc1. The van der Waals surface area contributed by atoms with Gasteiger partial charge in [-0.2, -0.15) is 0 Å². The maximum atomic E-state index is 12.2. The molecular weight excluding hydrogens is 248 g/mol. The molecule has 0 spiro atoms. The van der Waals surface area contributed by atoms with Crippen molar-refractivity contribution in [3.05, 3.63) is 71.3 Å². The molecule has 2 heteroatoms. The molecule has 0 saturated carbocycles. The van der Waals surface area contributed by atoms with E-state index in [0.29, 0.717) is 5.56 Å². The molecule has 0 radical (unpaired) electrons. The van der Waals surface area contributed by atoms with Crippen LogP contribution in [0.5, 0.6) is 0 Å². The molecule has 20 heavy (non-hydrogen) atoms. The monoisotopic (exact) mass is 264 g/mol. The van der Waals surface area contributed by atoms with E-state index >= 15 is 0 Å². The second-order valence-electron chi connectivity index (χ2n) is 5.41. The standard InChI is InChI=1S/C18H16O2/c1-18(2)16(13-8-4-3-5-9-13)12-14-10-6-7-11-15(14)17(19)20-18/h3-12H,1-2H3. The summed E-state index contributed by atoms with van der Waals surface area (Å²) in [5.74, 6) is -0.271. The van der Waals surface area contributed by atoms with Gasteiger partial charge in [0.15, 0.2) is 0 Å². The van der Waals surface area contributed by atoms with Gasteiger partial charge < -0.3 is 4.74 Å². The largest absolute Gasteiger partial charge is 0.451 e. The minimum absolute atomic E-state index is 0.271. The zero-order valence-electron chi connectivity index (χ0n) is 11.6. The maximum absolute atomic E-state index is 12.2. The average molecular weight is 264 g/mol. The fourth-order valence-electron chi connectivity index (χ4n) is 2.53. The Morgan fingerprint density at radius 1 is 0.900 bits per heavy atom. The first kappa shape index (κ1) is 12.7. The van der Waals surface area contributed by atoms with Gasteiger partial charge in [0.25, 0.3) is 0 Å². The van der Waals surface area contributed by atoms with E-state index < -0.39 is 5.60 Å². The van der Waals surface area contributed by atoms with Crippen molar-refractivity contribution >= 4 is 17.6 Å². The molecule has 3 rings (SSSR count). The third-order valence-electron chi connectivity index (χ3n) is 3.56. The fraction of sp³-hybridized carbons (Fsp3) is 0.167. The first-order chi connectivity index (χ1) is 9.58. The lowest BCUT2D eigenvalue weighted by atomic mass is 9.89. The minimum atomic E-state index is -0.655. The van der Waals surface area contributed by atoms with Crippen molar-refractivity contribution in [1.29, 1.82) is 0 Å². The predicted molar refractivity (Wildman–Crippen MR) is 80.2 cm³/mol. The molecule has 0 aliphatic carbocycles. The molecular formula is C18H16O2. The number of rotatable bonds is 1. The predicted octanol–water partition coefficient (Wildman–Crippen LogP) is 4.18. The molecule has 2 nitrogen and oxygen atoms in total. The Kier molecular flexibility index (Phi) is 2.94. The van der Waals surface area contributed by atoms with Crippen LogP contribution in [0.4, 0.5) is 0 Å². The third kappa shape index (κ3) is 2.14. The highest BCUT2D eigenvalue weighted by Crippen LogP contribution is 2.36. The van der Waals surface area contributed by atoms with Crippen LogP contribution in [0.1, 0.15) is 35.3 Å². The summed E-state index contributed by atoms with van der Waals surface area (Å²) in [5.41, 5.74) is 2.95. The highest BCUT2D eigenvalue weighted by Gasteiger charge is 2.32. The molecule has 0 aromatic heterocycles. The number of fused-ring (bicyclic) bond motifs is 1. The van der Waals surface area contributed by atoms with Gasteiger partial charge in [-0.1, -0.05) is 48.5 Å². The van der Waals surface area contributed by atoms with Crippen LogP contribution in [-0.2, 0) is 4.74 Å². The molecule has 1 aliphatic heterocycles. The van der Waals surface area contributed by atoms with E-state index in [9.17, 15) is 4.79 Å². The average Bonchev–Trinajstić information content (AvgIpc) is 2.54. The van der Waals surface area contributed by atoms with Crippen molar-refractivity contribution in [2.45, 2.75) is 19.4 Å². The molecule has 2 aromatic carbocycles. The zero-order chi connectivity index (χ0) is 14.2. The summed E-state index contributed by atoms with van der Waals surface area (Å²) in [7, 11) is 0. The Labute approximate surface area is 118 Å². The molecule has 0 amide bonds. The summed E-state index contributed by atoms with van der Waals surface area (Å²) in [6.45, 7) is 3.85. The first-order valence-electron chi connectivity index (χ1n) is 6.68. The number of carbonyl (C=O) groups excluding carboxylic acids is 1. The summed E-state index contributed by atoms with van der Waals surface area (Å²) < 4.78 is 5.68. The van der Waals surface area contributed by atoms with Crippen molar-refractivity contribution in [1.82, 2.24) is 0 Å². The second kappa shape index (κ2) is 4.64. The van der Waals surface area contributed by atoms with Crippen LogP contribution in [0.3, 0.4) is 0 Å². The maximum Gasteiger partial charge on any atom is 0.339 e. The molecule has 0 bridgehead atoms. The Morgan fingerprint density at radius 3 is 2.30 bits per heavy atom. The number of hydrogen-bond acceptors (Lipinski definition) is 2. The molecule has 0 N–H and O–H groups in total. The summed E-state index contributed by atoms with van der Waals surface area (Å²) in [4.78, 5) is 12.2. The molecule has 1 aliphatic rings. The summed E-state index contributed by atoms with van der Waals surface area (Å²) in [6, 6.07) is 17.6. The molecule has 1 heterocycles. The van der Waals surface area contributed by atoms with Gasteiger partial charge >= 0.3 is 5.97 Å². The van der Waals surface area contributed by atoms with E-state index in [-0.39, 0.29) is 5.97 Å². The molecule has 0 fully saturated rings. The van der Waals surface area contributed by atoms with Crippen molar-refractivity contribution in [2.24, 2.45) is 0 Å². The van der Waals surface area contributed by atoms with Gasteiger partial charge in [0.1, 0.15) is 5.60 Å². The van der Waals surface area contributed by atoms with Crippen LogP contribution < -0.4 is 0 Å². The highest BCUT2D eigenvalue weighted by molar-refractivity contribution is 6.00. The van der Waals surface area contributed by atoms with Crippen LogP contribution in [0.15, 0.2) is 54.6 Å². The van der Waals surface area contributed by atoms with E-state index in [1.54, 1.807) is 6.07 Å². The highest BCUT2D eigenvalue weighted by atomic mass is 16.6. The van der Waals surface area contributed by atoms with Gasteiger partial charge in [-0.25, -0.2) is 4.79 Å². The van der Waals surface area contributed by atoms with E-state index in [4.69, 9.17) is 4.74 Å². The molecule has 0 atom stereocenters. The number of cyclic esters (lactones) is 1. The summed E-state index contributed by atoms with van der Waals surface area (Å²) >= 11 is 0. The zero-order valence-corrected chi connectivity index (χ0v) is 11.6. The molecule has 100 valence electrons. The van der Waals surface area contributed by atoms with E-state index in [1.165, 1.54) is 0 Å². The minimum Gasteiger partial charge on any atom is -0.451 e. The van der Waals surface area contributed by atoms with Gasteiger partial charge in [0.05, 0.1) is 5.56 Å². The van der Waals surface area contributed by atoms with E-state index in [1.807, 2.05) is 62.4 Å². The lowest BCUT2D eigenvalue weighted by molar-refractivity contribution is 0.0212. The van der Waals surface area contributed by atoms with Crippen LogP contribution in [0.2, 0.25) is 0 Å². The normalized spacial score (nSPS) is 16.7. The van der Waals surface area contributed by atoms with Crippen molar-refractivity contribution in [2.75, 3.05) is 0 Å². The lowest BCUT2D eigenvalue weighted by Crippen LogP contribution is -2.28. The second-order valence-corrected chi connectivity index (χ2v) is 5.41. The third-order valence-corrected chi connectivity index (χ3v) is 3.56. The van der Waals surface area contributed by atoms with Gasteiger partial charge in [-0.3, -0.25) is 0 Å². The van der Waals surface area contributed by atoms with Crippen LogP contribution >= 0.6 is 0 Å². The molecule has 2 aromatic rings. The van der Waals surface area contributed by atoms with Crippen molar-refractivity contribution in [3.8, 4) is 0 Å².